The van der Waals surface area contributed by atoms with Crippen molar-refractivity contribution >= 4 is 43.3 Å². The van der Waals surface area contributed by atoms with E-state index in [4.69, 9.17) is 4.74 Å². The molecule has 22 heavy (non-hydrogen) atoms. The summed E-state index contributed by atoms with van der Waals surface area (Å²) in [6.07, 6.45) is 1.00. The van der Waals surface area contributed by atoms with E-state index in [1.807, 2.05) is 0 Å². The third-order valence-corrected chi connectivity index (χ3v) is 5.86. The Balaban J connectivity index is 1.93. The van der Waals surface area contributed by atoms with Crippen LogP contribution in [0.4, 0.5) is 0 Å². The molecule has 4 heterocycles. The molecule has 6 nitrogen and oxygen atoms in total. The summed E-state index contributed by atoms with van der Waals surface area (Å²) in [5, 5.41) is 10.1. The van der Waals surface area contributed by atoms with Gasteiger partial charge in [-0.1, -0.05) is 0 Å². The number of carbonyl (C=O) groups is 1. The quantitative estimate of drug-likeness (QED) is 0.780. The van der Waals surface area contributed by atoms with Crippen molar-refractivity contribution in [2.45, 2.75) is 18.9 Å². The molecule has 0 atom stereocenters. The number of hydrogen-bond donors (Lipinski definition) is 2. The summed E-state index contributed by atoms with van der Waals surface area (Å²) in [7, 11) is 0. The number of H-pyrrole nitrogens is 1. The van der Waals surface area contributed by atoms with Crippen LogP contribution in [0.15, 0.2) is 8.58 Å². The Morgan fingerprint density at radius 1 is 1.45 bits per heavy atom. The number of ether oxygens (including phenoxy) is 1. The lowest BCUT2D eigenvalue weighted by molar-refractivity contribution is 0.00542. The summed E-state index contributed by atoms with van der Waals surface area (Å²) >= 11 is 4.77. The molecule has 1 saturated heterocycles. The highest BCUT2D eigenvalue weighted by Gasteiger charge is 2.33. The van der Waals surface area contributed by atoms with E-state index in [2.05, 4.69) is 20.9 Å². The number of thiophene rings is 1. The molecular formula is C14H13BrN2O4S. The van der Waals surface area contributed by atoms with Crippen molar-refractivity contribution in [3.05, 3.63) is 25.4 Å². The first kappa shape index (κ1) is 14.2. The van der Waals surface area contributed by atoms with Gasteiger partial charge in [0.1, 0.15) is 14.2 Å². The highest BCUT2D eigenvalue weighted by atomic mass is 79.9. The first-order valence-electron chi connectivity index (χ1n) is 7.03. The minimum atomic E-state index is -0.465. The van der Waals surface area contributed by atoms with Gasteiger partial charge in [-0.3, -0.25) is 9.59 Å². The second-order valence-corrected chi connectivity index (χ2v) is 7.87. The predicted molar refractivity (Wildman–Crippen MR) is 85.9 cm³/mol. The van der Waals surface area contributed by atoms with Crippen LogP contribution in [0, 0.1) is 0 Å². The lowest BCUT2D eigenvalue weighted by atomic mass is 10.0. The maximum atomic E-state index is 12.6. The van der Waals surface area contributed by atoms with E-state index in [1.54, 1.807) is 4.90 Å². The summed E-state index contributed by atoms with van der Waals surface area (Å²) in [6.45, 7) is 1.19. The number of aromatic amines is 1. The molecule has 0 aromatic carbocycles. The number of amides is 1. The second-order valence-electron chi connectivity index (χ2n) is 5.53. The Bertz CT molecular complexity index is 837. The highest BCUT2D eigenvalue weighted by Crippen LogP contribution is 2.44. The van der Waals surface area contributed by atoms with Crippen molar-refractivity contribution in [2.24, 2.45) is 0 Å². The van der Waals surface area contributed by atoms with Gasteiger partial charge in [0.05, 0.1) is 12.7 Å². The summed E-state index contributed by atoms with van der Waals surface area (Å²) in [5.74, 6) is 0.436. The molecule has 1 fully saturated rings. The van der Waals surface area contributed by atoms with Crippen LogP contribution in [0.3, 0.4) is 0 Å². The summed E-state index contributed by atoms with van der Waals surface area (Å²) < 4.78 is 7.11. The fourth-order valence-electron chi connectivity index (χ4n) is 2.96. The minimum Gasteiger partial charge on any atom is -0.491 e. The topological polar surface area (TPSA) is 82.6 Å². The molecule has 2 aromatic heterocycles. The van der Waals surface area contributed by atoms with E-state index < -0.39 is 6.10 Å². The van der Waals surface area contributed by atoms with Crippen LogP contribution in [0.25, 0.3) is 10.1 Å². The second kappa shape index (κ2) is 5.07. The predicted octanol–water partition coefficient (Wildman–Crippen LogP) is 1.49. The number of aryl methyl sites for hydroxylation is 1. The molecule has 2 aliphatic heterocycles. The average Bonchev–Trinajstić information content (AvgIpc) is 2.66. The highest BCUT2D eigenvalue weighted by molar-refractivity contribution is 9.11. The number of aliphatic hydroxyl groups is 1. The summed E-state index contributed by atoms with van der Waals surface area (Å²) in [4.78, 5) is 29.2. The van der Waals surface area contributed by atoms with Crippen LogP contribution >= 0.6 is 27.3 Å². The standard InChI is InChI=1S/C14H13BrN2O4S/c15-12-10-8-7(2-1-3-21-10)9(16-13(19)11(8)22-12)14(20)17-4-6(18)5-17/h6,18H,1-5H2,(H,16,19). The van der Waals surface area contributed by atoms with Crippen LogP contribution in [-0.2, 0) is 6.42 Å². The lowest BCUT2D eigenvalue weighted by Gasteiger charge is -2.36. The zero-order chi connectivity index (χ0) is 15.4. The van der Waals surface area contributed by atoms with Gasteiger partial charge < -0.3 is 19.7 Å². The normalized spacial score (nSPS) is 18.0. The van der Waals surface area contributed by atoms with E-state index in [0.717, 1.165) is 21.2 Å². The number of halogens is 1. The van der Waals surface area contributed by atoms with Gasteiger partial charge in [-0.2, -0.15) is 0 Å². The van der Waals surface area contributed by atoms with Gasteiger partial charge in [0.25, 0.3) is 11.5 Å². The molecule has 2 aliphatic rings. The lowest BCUT2D eigenvalue weighted by Crippen LogP contribution is -2.54. The molecule has 0 radical (unpaired) electrons. The monoisotopic (exact) mass is 384 g/mol. The number of rotatable bonds is 1. The van der Waals surface area contributed by atoms with Crippen LogP contribution < -0.4 is 10.3 Å². The molecule has 2 aromatic rings. The maximum Gasteiger partial charge on any atom is 0.270 e. The van der Waals surface area contributed by atoms with Gasteiger partial charge in [0, 0.05) is 18.5 Å². The van der Waals surface area contributed by atoms with Crippen molar-refractivity contribution in [2.75, 3.05) is 19.7 Å². The third kappa shape index (κ3) is 2.01. The number of likely N-dealkylation sites (tertiary alicyclic amines) is 1. The van der Waals surface area contributed by atoms with Crippen molar-refractivity contribution in [1.82, 2.24) is 9.88 Å². The van der Waals surface area contributed by atoms with E-state index in [9.17, 15) is 14.7 Å². The first-order valence-corrected chi connectivity index (χ1v) is 8.64. The number of hydrogen-bond acceptors (Lipinski definition) is 5. The largest absolute Gasteiger partial charge is 0.491 e. The molecule has 0 unspecified atom stereocenters. The van der Waals surface area contributed by atoms with Crippen molar-refractivity contribution in [3.63, 3.8) is 0 Å². The fourth-order valence-corrected chi connectivity index (χ4v) is 4.65. The van der Waals surface area contributed by atoms with Crippen LogP contribution in [0.2, 0.25) is 0 Å². The van der Waals surface area contributed by atoms with Gasteiger partial charge in [-0.25, -0.2) is 0 Å². The maximum absolute atomic E-state index is 12.6. The van der Waals surface area contributed by atoms with Crippen LogP contribution in [-0.4, -0.2) is 46.7 Å². The Hall–Kier alpha value is -1.38. The molecule has 8 heteroatoms. The Kier molecular flexibility index (Phi) is 3.28. The summed E-state index contributed by atoms with van der Waals surface area (Å²) in [6, 6.07) is 0. The minimum absolute atomic E-state index is 0.227. The smallest absolute Gasteiger partial charge is 0.270 e. The average molecular weight is 385 g/mol. The molecule has 0 spiro atoms. The molecular weight excluding hydrogens is 372 g/mol. The zero-order valence-corrected chi connectivity index (χ0v) is 13.9. The fraction of sp³-hybridized carbons (Fsp3) is 0.429. The van der Waals surface area contributed by atoms with Crippen molar-refractivity contribution in [3.8, 4) is 5.75 Å². The van der Waals surface area contributed by atoms with Crippen LogP contribution in [0.1, 0.15) is 22.5 Å². The van der Waals surface area contributed by atoms with E-state index in [0.29, 0.717) is 42.3 Å². The molecule has 0 bridgehead atoms. The number of carbonyl (C=O) groups excluding carboxylic acids is 1. The van der Waals surface area contributed by atoms with Crippen molar-refractivity contribution in [1.29, 1.82) is 0 Å². The third-order valence-electron chi connectivity index (χ3n) is 4.05. The summed E-state index contributed by atoms with van der Waals surface area (Å²) in [5.41, 5.74) is 0.905. The van der Waals surface area contributed by atoms with E-state index in [-0.39, 0.29) is 11.5 Å². The Morgan fingerprint density at radius 3 is 2.95 bits per heavy atom. The number of aromatic nitrogens is 1. The van der Waals surface area contributed by atoms with E-state index >= 15 is 0 Å². The number of nitrogens with one attached hydrogen (secondary N) is 1. The number of aliphatic hydroxyl groups excluding tert-OH is 1. The van der Waals surface area contributed by atoms with Gasteiger partial charge in [-0.05, 0) is 34.3 Å². The molecule has 2 N–H and O–H groups in total. The molecule has 1 amide bonds. The van der Waals surface area contributed by atoms with Gasteiger partial charge >= 0.3 is 0 Å². The number of pyridine rings is 1. The van der Waals surface area contributed by atoms with Gasteiger partial charge in [-0.15, -0.1) is 11.3 Å². The molecule has 4 rings (SSSR count). The Morgan fingerprint density at radius 2 is 2.23 bits per heavy atom. The zero-order valence-electron chi connectivity index (χ0n) is 11.5. The van der Waals surface area contributed by atoms with Gasteiger partial charge in [0.15, 0.2) is 5.75 Å². The number of β-amino-alcohol motifs (C(OH)–C–C–N with tert-alkyl or cyclic N) is 1. The SMILES string of the molecule is O=C(c1[nH]c(=O)c2sc(Br)c3c2c1CCCO3)N1CC(O)C1. The number of nitrogens with zero attached hydrogens (tertiary/aromatic N) is 1. The van der Waals surface area contributed by atoms with Gasteiger partial charge in [0.2, 0.25) is 0 Å². The molecule has 116 valence electrons. The van der Waals surface area contributed by atoms with Crippen molar-refractivity contribution < 1.29 is 14.6 Å². The molecule has 0 aliphatic carbocycles. The first-order chi connectivity index (χ1) is 10.6. The van der Waals surface area contributed by atoms with Crippen LogP contribution in [0.5, 0.6) is 5.75 Å². The Labute approximate surface area is 137 Å². The molecule has 0 saturated carbocycles. The van der Waals surface area contributed by atoms with E-state index in [1.165, 1.54) is 11.3 Å².